The van der Waals surface area contributed by atoms with E-state index in [-0.39, 0.29) is 12.0 Å². The monoisotopic (exact) mass is 547 g/mol. The molecular weight excluding hydrogens is 514 g/mol. The van der Waals surface area contributed by atoms with Gasteiger partial charge in [0.15, 0.2) is 0 Å². The molecule has 2 aromatic carbocycles. The Morgan fingerprint density at radius 3 is 2.56 bits per heavy atom. The molecule has 3 aromatic rings. The van der Waals surface area contributed by atoms with E-state index >= 15 is 0 Å². The summed E-state index contributed by atoms with van der Waals surface area (Å²) in [5, 5.41) is 12.4. The number of ether oxygens (including phenoxy) is 1. The van der Waals surface area contributed by atoms with Crippen LogP contribution >= 0.6 is 15.9 Å². The van der Waals surface area contributed by atoms with Crippen LogP contribution in [0.1, 0.15) is 61.3 Å². The number of benzene rings is 2. The van der Waals surface area contributed by atoms with E-state index in [4.69, 9.17) is 14.7 Å². The van der Waals surface area contributed by atoms with E-state index in [0.29, 0.717) is 18.5 Å². The largest absolute Gasteiger partial charge is 0.463 e. The Bertz CT molecular complexity index is 1290. The number of aliphatic hydroxyl groups is 1. The first kappa shape index (κ1) is 23.0. The number of nitrogens with zero attached hydrogens (tertiary/aromatic N) is 3. The van der Waals surface area contributed by atoms with Crippen molar-refractivity contribution in [1.82, 2.24) is 9.97 Å². The van der Waals surface area contributed by atoms with Gasteiger partial charge in [0.25, 0.3) is 0 Å². The predicted molar refractivity (Wildman–Crippen MR) is 146 cm³/mol. The summed E-state index contributed by atoms with van der Waals surface area (Å²) in [5.41, 5.74) is 3.81. The number of hydrogen-bond donors (Lipinski definition) is 1. The number of hydrogen-bond acceptors (Lipinski definition) is 5. The Hall–Kier alpha value is -2.18. The molecule has 188 valence electrons. The van der Waals surface area contributed by atoms with Crippen LogP contribution in [0.4, 0.5) is 5.82 Å². The molecule has 7 rings (SSSR count). The fraction of sp³-hybridized carbons (Fsp3) is 0.533. The van der Waals surface area contributed by atoms with Crippen molar-refractivity contribution in [3.05, 3.63) is 57.7 Å². The van der Waals surface area contributed by atoms with Crippen LogP contribution in [0, 0.1) is 17.3 Å². The fourth-order valence-electron chi connectivity index (χ4n) is 6.95. The zero-order valence-corrected chi connectivity index (χ0v) is 22.3. The van der Waals surface area contributed by atoms with Crippen molar-refractivity contribution in [2.45, 2.75) is 57.3 Å². The predicted octanol–water partition coefficient (Wildman–Crippen LogP) is 6.05. The van der Waals surface area contributed by atoms with Crippen LogP contribution in [0.3, 0.4) is 0 Å². The Kier molecular flexibility index (Phi) is 5.73. The highest BCUT2D eigenvalue weighted by Crippen LogP contribution is 2.46. The molecule has 2 bridgehead atoms. The minimum atomic E-state index is -0.0819. The van der Waals surface area contributed by atoms with Gasteiger partial charge in [-0.05, 0) is 91.5 Å². The van der Waals surface area contributed by atoms with Crippen LogP contribution in [0.2, 0.25) is 0 Å². The van der Waals surface area contributed by atoms with Crippen molar-refractivity contribution in [2.75, 3.05) is 31.2 Å². The van der Waals surface area contributed by atoms with Crippen LogP contribution in [-0.2, 0) is 12.8 Å². The summed E-state index contributed by atoms with van der Waals surface area (Å²) < 4.78 is 7.37. The van der Waals surface area contributed by atoms with Crippen LogP contribution in [-0.4, -0.2) is 41.4 Å². The van der Waals surface area contributed by atoms with Gasteiger partial charge in [-0.1, -0.05) is 46.3 Å². The molecule has 0 radical (unpaired) electrons. The lowest BCUT2D eigenvalue weighted by Gasteiger charge is -2.36. The molecule has 3 aliphatic carbocycles. The second kappa shape index (κ2) is 8.98. The van der Waals surface area contributed by atoms with E-state index in [0.717, 1.165) is 73.0 Å². The van der Waals surface area contributed by atoms with Gasteiger partial charge in [0.1, 0.15) is 5.82 Å². The first-order chi connectivity index (χ1) is 17.6. The van der Waals surface area contributed by atoms with E-state index < -0.39 is 0 Å². The van der Waals surface area contributed by atoms with E-state index in [1.807, 2.05) is 0 Å². The number of aromatic nitrogens is 2. The van der Waals surface area contributed by atoms with Gasteiger partial charge in [0, 0.05) is 28.5 Å². The number of aliphatic hydroxyl groups excluding tert-OH is 1. The third-order valence-corrected chi connectivity index (χ3v) is 9.93. The summed E-state index contributed by atoms with van der Waals surface area (Å²) in [6.45, 7) is 2.91. The number of piperidine rings is 1. The molecule has 0 spiro atoms. The molecule has 3 fully saturated rings. The molecule has 1 aromatic heterocycles. The Morgan fingerprint density at radius 1 is 1.03 bits per heavy atom. The second-order valence-electron chi connectivity index (χ2n) is 11.8. The summed E-state index contributed by atoms with van der Waals surface area (Å²) in [7, 11) is 0. The van der Waals surface area contributed by atoms with Crippen LogP contribution in [0.25, 0.3) is 10.8 Å². The number of rotatable bonds is 6. The van der Waals surface area contributed by atoms with Crippen LogP contribution in [0.15, 0.2) is 40.9 Å². The average molecular weight is 549 g/mol. The minimum absolute atomic E-state index is 0.0819. The standard InChI is InChI=1S/C30H34BrN3O2/c31-25-6-2-4-21-3-1-5-23(27(21)25)22-9-10-24-26(14-22)32-29(36-18-30(17-35)11-12-30)33-28(24)34-15-19-7-8-20(13-19)16-34/h1-6,19-20,22,35H,7-18H2. The maximum Gasteiger partial charge on any atom is 0.318 e. The summed E-state index contributed by atoms with van der Waals surface area (Å²) >= 11 is 3.82. The molecule has 1 N–H and O–H groups in total. The third-order valence-electron chi connectivity index (χ3n) is 9.27. The summed E-state index contributed by atoms with van der Waals surface area (Å²) in [4.78, 5) is 12.6. The molecule has 0 amide bonds. The van der Waals surface area contributed by atoms with Gasteiger partial charge < -0.3 is 14.7 Å². The van der Waals surface area contributed by atoms with Crippen molar-refractivity contribution >= 4 is 32.5 Å². The Balaban J connectivity index is 1.25. The van der Waals surface area contributed by atoms with Crippen molar-refractivity contribution in [2.24, 2.45) is 17.3 Å². The molecule has 3 atom stereocenters. The van der Waals surface area contributed by atoms with Crippen molar-refractivity contribution in [3.8, 4) is 6.01 Å². The van der Waals surface area contributed by atoms with E-state index in [2.05, 4.69) is 57.2 Å². The highest BCUT2D eigenvalue weighted by molar-refractivity contribution is 9.10. The summed E-state index contributed by atoms with van der Waals surface area (Å²) in [5.74, 6) is 3.14. The highest BCUT2D eigenvalue weighted by atomic mass is 79.9. The summed E-state index contributed by atoms with van der Waals surface area (Å²) in [6.07, 6.45) is 9.16. The number of fused-ring (bicyclic) bond motifs is 4. The lowest BCUT2D eigenvalue weighted by molar-refractivity contribution is 0.140. The van der Waals surface area contributed by atoms with Gasteiger partial charge in [-0.15, -0.1) is 0 Å². The van der Waals surface area contributed by atoms with Crippen molar-refractivity contribution < 1.29 is 9.84 Å². The maximum atomic E-state index is 9.79. The SMILES string of the molecule is OCC1(COc2nc3c(c(N4CC5CCC(C5)C4)n2)CCC(c2cccc4cccc(Br)c24)C3)CC1. The third kappa shape index (κ3) is 4.10. The van der Waals surface area contributed by atoms with E-state index in [1.165, 1.54) is 41.2 Å². The van der Waals surface area contributed by atoms with Crippen LogP contribution in [0.5, 0.6) is 6.01 Å². The lowest BCUT2D eigenvalue weighted by atomic mass is 9.80. The van der Waals surface area contributed by atoms with Gasteiger partial charge in [-0.3, -0.25) is 0 Å². The highest BCUT2D eigenvalue weighted by Gasteiger charge is 2.43. The zero-order valence-electron chi connectivity index (χ0n) is 20.8. The zero-order chi connectivity index (χ0) is 24.3. The molecule has 3 unspecified atom stereocenters. The van der Waals surface area contributed by atoms with Crippen LogP contribution < -0.4 is 9.64 Å². The molecule has 6 heteroatoms. The number of halogens is 1. The molecule has 4 aliphatic rings. The fourth-order valence-corrected chi connectivity index (χ4v) is 7.56. The van der Waals surface area contributed by atoms with Gasteiger partial charge in [0.2, 0.25) is 0 Å². The van der Waals surface area contributed by atoms with Crippen molar-refractivity contribution in [1.29, 1.82) is 0 Å². The molecular formula is C30H34BrN3O2. The van der Waals surface area contributed by atoms with Crippen molar-refractivity contribution in [3.63, 3.8) is 0 Å². The Labute approximate surface area is 221 Å². The second-order valence-corrected chi connectivity index (χ2v) is 12.6. The lowest BCUT2D eigenvalue weighted by Crippen LogP contribution is -2.38. The van der Waals surface area contributed by atoms with Gasteiger partial charge in [-0.2, -0.15) is 9.97 Å². The topological polar surface area (TPSA) is 58.5 Å². The minimum Gasteiger partial charge on any atom is -0.463 e. The molecule has 1 aliphatic heterocycles. The van der Waals surface area contributed by atoms with Gasteiger partial charge in [0.05, 0.1) is 18.9 Å². The normalized spacial score (nSPS) is 26.2. The first-order valence-electron chi connectivity index (χ1n) is 13.7. The summed E-state index contributed by atoms with van der Waals surface area (Å²) in [6, 6.07) is 13.6. The molecule has 1 saturated heterocycles. The Morgan fingerprint density at radius 2 is 1.81 bits per heavy atom. The molecule has 2 saturated carbocycles. The van der Waals surface area contributed by atoms with E-state index in [9.17, 15) is 5.11 Å². The smallest absolute Gasteiger partial charge is 0.318 e. The van der Waals surface area contributed by atoms with Gasteiger partial charge in [-0.25, -0.2) is 0 Å². The number of anilines is 1. The maximum absolute atomic E-state index is 9.79. The van der Waals surface area contributed by atoms with E-state index in [1.54, 1.807) is 0 Å². The average Bonchev–Trinajstić information content (AvgIpc) is 3.62. The molecule has 5 nitrogen and oxygen atoms in total. The molecule has 36 heavy (non-hydrogen) atoms. The van der Waals surface area contributed by atoms with Gasteiger partial charge >= 0.3 is 6.01 Å². The molecule has 2 heterocycles. The quantitative estimate of drug-likeness (QED) is 0.406. The first-order valence-corrected chi connectivity index (χ1v) is 14.5.